The molecule has 0 saturated heterocycles. The molecule has 0 fully saturated rings. The quantitative estimate of drug-likeness (QED) is 0.836. The molecule has 18 heavy (non-hydrogen) atoms. The van der Waals surface area contributed by atoms with Crippen molar-refractivity contribution in [2.24, 2.45) is 0 Å². The van der Waals surface area contributed by atoms with Gasteiger partial charge in [0.15, 0.2) is 0 Å². The zero-order valence-corrected chi connectivity index (χ0v) is 10.6. The van der Waals surface area contributed by atoms with Crippen molar-refractivity contribution in [3.05, 3.63) is 41.6 Å². The highest BCUT2D eigenvalue weighted by molar-refractivity contribution is 6.06. The van der Waals surface area contributed by atoms with Gasteiger partial charge in [0, 0.05) is 24.7 Å². The van der Waals surface area contributed by atoms with Crippen LogP contribution in [0.3, 0.4) is 0 Å². The highest BCUT2D eigenvalue weighted by atomic mass is 16.5. The van der Waals surface area contributed by atoms with Gasteiger partial charge in [-0.2, -0.15) is 0 Å². The van der Waals surface area contributed by atoms with E-state index in [9.17, 15) is 4.79 Å². The van der Waals surface area contributed by atoms with Crippen LogP contribution in [-0.4, -0.2) is 31.2 Å². The van der Waals surface area contributed by atoms with E-state index in [0.29, 0.717) is 18.7 Å². The molecule has 2 rings (SSSR count). The molecule has 0 bridgehead atoms. The summed E-state index contributed by atoms with van der Waals surface area (Å²) in [5.74, 6) is -0.0891. The van der Waals surface area contributed by atoms with Crippen molar-refractivity contribution < 1.29 is 9.53 Å². The van der Waals surface area contributed by atoms with Crippen LogP contribution in [0.15, 0.2) is 30.3 Å². The van der Waals surface area contributed by atoms with Crippen LogP contribution in [0, 0.1) is 6.92 Å². The number of methoxy groups -OCH3 is 1. The minimum Gasteiger partial charge on any atom is -0.383 e. The lowest BCUT2D eigenvalue weighted by Crippen LogP contribution is -2.27. The van der Waals surface area contributed by atoms with Crippen molar-refractivity contribution in [1.29, 1.82) is 0 Å². The van der Waals surface area contributed by atoms with E-state index >= 15 is 0 Å². The Morgan fingerprint density at radius 1 is 1.39 bits per heavy atom. The number of hydrogen-bond donors (Lipinski definition) is 1. The lowest BCUT2D eigenvalue weighted by molar-refractivity contribution is 0.0938. The molecule has 0 aliphatic carbocycles. The molecule has 0 saturated carbocycles. The summed E-state index contributed by atoms with van der Waals surface area (Å²) in [6.45, 7) is 2.90. The van der Waals surface area contributed by atoms with Crippen molar-refractivity contribution in [1.82, 2.24) is 10.3 Å². The first kappa shape index (κ1) is 12.5. The molecular weight excluding hydrogens is 228 g/mol. The Kier molecular flexibility index (Phi) is 3.89. The predicted octanol–water partition coefficient (Wildman–Crippen LogP) is 1.92. The molecule has 1 amide bonds. The molecule has 0 aliphatic heterocycles. The molecule has 1 N–H and O–H groups in total. The second-order valence-electron chi connectivity index (χ2n) is 4.08. The minimum atomic E-state index is -0.0891. The van der Waals surface area contributed by atoms with Crippen LogP contribution < -0.4 is 5.32 Å². The van der Waals surface area contributed by atoms with Gasteiger partial charge in [-0.25, -0.2) is 0 Å². The highest BCUT2D eigenvalue weighted by Gasteiger charge is 2.10. The van der Waals surface area contributed by atoms with Crippen molar-refractivity contribution in [2.75, 3.05) is 20.3 Å². The summed E-state index contributed by atoms with van der Waals surface area (Å²) in [7, 11) is 1.61. The maximum atomic E-state index is 12.1. The van der Waals surface area contributed by atoms with Gasteiger partial charge in [0.05, 0.1) is 17.7 Å². The number of nitrogens with zero attached hydrogens (tertiary/aromatic N) is 1. The number of nitrogens with one attached hydrogen (secondary N) is 1. The molecule has 0 unspecified atom stereocenters. The van der Waals surface area contributed by atoms with Gasteiger partial charge in [-0.1, -0.05) is 18.2 Å². The molecule has 4 heteroatoms. The first-order valence-electron chi connectivity index (χ1n) is 5.86. The average molecular weight is 244 g/mol. The van der Waals surface area contributed by atoms with E-state index in [-0.39, 0.29) is 5.91 Å². The van der Waals surface area contributed by atoms with Gasteiger partial charge in [0.2, 0.25) is 0 Å². The molecule has 1 aromatic carbocycles. The lowest BCUT2D eigenvalue weighted by Gasteiger charge is -2.08. The summed E-state index contributed by atoms with van der Waals surface area (Å²) < 4.78 is 4.91. The number of para-hydroxylation sites is 1. The van der Waals surface area contributed by atoms with Gasteiger partial charge in [0.1, 0.15) is 0 Å². The largest absolute Gasteiger partial charge is 0.383 e. The molecule has 94 valence electrons. The fourth-order valence-electron chi connectivity index (χ4n) is 1.86. The van der Waals surface area contributed by atoms with Crippen LogP contribution in [0.25, 0.3) is 10.9 Å². The van der Waals surface area contributed by atoms with E-state index < -0.39 is 0 Å². The van der Waals surface area contributed by atoms with Crippen LogP contribution in [-0.2, 0) is 4.74 Å². The monoisotopic (exact) mass is 244 g/mol. The summed E-state index contributed by atoms with van der Waals surface area (Å²) in [5.41, 5.74) is 2.34. The van der Waals surface area contributed by atoms with Crippen LogP contribution >= 0.6 is 0 Å². The van der Waals surface area contributed by atoms with Gasteiger partial charge in [-0.05, 0) is 19.1 Å². The predicted molar refractivity (Wildman–Crippen MR) is 70.7 cm³/mol. The lowest BCUT2D eigenvalue weighted by atomic mass is 10.1. The van der Waals surface area contributed by atoms with E-state index in [0.717, 1.165) is 16.6 Å². The first-order valence-corrected chi connectivity index (χ1v) is 5.86. The van der Waals surface area contributed by atoms with Crippen molar-refractivity contribution in [3.8, 4) is 0 Å². The third kappa shape index (κ3) is 2.65. The van der Waals surface area contributed by atoms with Crippen molar-refractivity contribution in [3.63, 3.8) is 0 Å². The molecule has 0 radical (unpaired) electrons. The number of ether oxygens (including phenoxy) is 1. The fourth-order valence-corrected chi connectivity index (χ4v) is 1.86. The molecule has 2 aromatic rings. The maximum absolute atomic E-state index is 12.1. The second-order valence-corrected chi connectivity index (χ2v) is 4.08. The summed E-state index contributed by atoms with van der Waals surface area (Å²) in [6, 6.07) is 9.46. The van der Waals surface area contributed by atoms with Gasteiger partial charge in [0.25, 0.3) is 5.91 Å². The number of pyridine rings is 1. The zero-order chi connectivity index (χ0) is 13.0. The van der Waals surface area contributed by atoms with E-state index in [4.69, 9.17) is 4.74 Å². The normalized spacial score (nSPS) is 10.6. The van der Waals surface area contributed by atoms with Crippen molar-refractivity contribution in [2.45, 2.75) is 6.92 Å². The molecule has 0 spiro atoms. The number of fused-ring (bicyclic) bond motifs is 1. The molecule has 0 atom stereocenters. The fraction of sp³-hybridized carbons (Fsp3) is 0.286. The smallest absolute Gasteiger partial charge is 0.252 e. The Bertz CT molecular complexity index is 567. The second kappa shape index (κ2) is 5.60. The maximum Gasteiger partial charge on any atom is 0.252 e. The number of aryl methyl sites for hydroxylation is 1. The van der Waals surface area contributed by atoms with Crippen molar-refractivity contribution >= 4 is 16.8 Å². The van der Waals surface area contributed by atoms with Gasteiger partial charge < -0.3 is 10.1 Å². The van der Waals surface area contributed by atoms with Crippen LogP contribution in [0.1, 0.15) is 16.1 Å². The Morgan fingerprint density at radius 3 is 2.94 bits per heavy atom. The Balaban J connectivity index is 2.34. The van der Waals surface area contributed by atoms with Gasteiger partial charge in [-0.15, -0.1) is 0 Å². The SMILES string of the molecule is COCCNC(=O)c1cc(C)nc2ccccc12. The highest BCUT2D eigenvalue weighted by Crippen LogP contribution is 2.17. The number of hydrogen-bond acceptors (Lipinski definition) is 3. The number of amides is 1. The van der Waals surface area contributed by atoms with Crippen LogP contribution in [0.4, 0.5) is 0 Å². The number of rotatable bonds is 4. The minimum absolute atomic E-state index is 0.0891. The first-order chi connectivity index (χ1) is 8.72. The van der Waals surface area contributed by atoms with E-state index in [1.54, 1.807) is 7.11 Å². The topological polar surface area (TPSA) is 51.2 Å². The molecule has 4 nitrogen and oxygen atoms in total. The number of benzene rings is 1. The van der Waals surface area contributed by atoms with E-state index in [1.165, 1.54) is 0 Å². The summed E-state index contributed by atoms with van der Waals surface area (Å²) in [6.07, 6.45) is 0. The zero-order valence-electron chi connectivity index (χ0n) is 10.6. The van der Waals surface area contributed by atoms with Gasteiger partial charge in [-0.3, -0.25) is 9.78 Å². The number of aromatic nitrogens is 1. The molecule has 0 aliphatic rings. The van der Waals surface area contributed by atoms with Gasteiger partial charge >= 0.3 is 0 Å². The number of carbonyl (C=O) groups is 1. The van der Waals surface area contributed by atoms with E-state index in [2.05, 4.69) is 10.3 Å². The third-order valence-corrected chi connectivity index (χ3v) is 2.68. The third-order valence-electron chi connectivity index (χ3n) is 2.68. The Morgan fingerprint density at radius 2 is 2.17 bits per heavy atom. The van der Waals surface area contributed by atoms with E-state index in [1.807, 2.05) is 37.3 Å². The standard InChI is InChI=1S/C14H16N2O2/c1-10-9-12(14(17)15-7-8-18-2)11-5-3-4-6-13(11)16-10/h3-6,9H,7-8H2,1-2H3,(H,15,17). The molecular formula is C14H16N2O2. The molecule has 1 aromatic heterocycles. The Hall–Kier alpha value is -1.94. The van der Waals surface area contributed by atoms with Crippen LogP contribution in [0.2, 0.25) is 0 Å². The number of carbonyl (C=O) groups excluding carboxylic acids is 1. The summed E-state index contributed by atoms with van der Waals surface area (Å²) in [5, 5.41) is 3.70. The molecule has 1 heterocycles. The summed E-state index contributed by atoms with van der Waals surface area (Å²) >= 11 is 0. The average Bonchev–Trinajstić information content (AvgIpc) is 2.38. The Labute approximate surface area is 106 Å². The van der Waals surface area contributed by atoms with Crippen LogP contribution in [0.5, 0.6) is 0 Å². The summed E-state index contributed by atoms with van der Waals surface area (Å²) in [4.78, 5) is 16.5.